The molecular formula is C18H21F3N2O4. The first-order valence-corrected chi connectivity index (χ1v) is 8.85. The van der Waals surface area contributed by atoms with E-state index in [1.54, 1.807) is 4.90 Å². The number of carbonyl (C=O) groups is 2. The van der Waals surface area contributed by atoms with Gasteiger partial charge >= 0.3 is 6.36 Å². The second-order valence-corrected chi connectivity index (χ2v) is 6.58. The van der Waals surface area contributed by atoms with E-state index in [0.717, 1.165) is 12.1 Å². The average Bonchev–Trinajstić information content (AvgIpc) is 2.67. The third-order valence-electron chi connectivity index (χ3n) is 4.79. The van der Waals surface area contributed by atoms with Gasteiger partial charge in [0.05, 0.1) is 13.2 Å². The molecule has 0 atom stereocenters. The molecule has 0 N–H and O–H groups in total. The van der Waals surface area contributed by atoms with Gasteiger partial charge < -0.3 is 19.3 Å². The zero-order valence-corrected chi connectivity index (χ0v) is 14.7. The van der Waals surface area contributed by atoms with E-state index in [-0.39, 0.29) is 23.5 Å². The Bertz CT molecular complexity index is 664. The lowest BCUT2D eigenvalue weighted by Crippen LogP contribution is -2.47. The van der Waals surface area contributed by atoms with Gasteiger partial charge in [-0.15, -0.1) is 13.2 Å². The van der Waals surface area contributed by atoms with Crippen LogP contribution in [0.5, 0.6) is 5.75 Å². The lowest BCUT2D eigenvalue weighted by Gasteiger charge is -2.35. The average molecular weight is 386 g/mol. The van der Waals surface area contributed by atoms with Crippen LogP contribution in [0.25, 0.3) is 0 Å². The fourth-order valence-electron chi connectivity index (χ4n) is 3.35. The summed E-state index contributed by atoms with van der Waals surface area (Å²) in [6.45, 7) is 3.20. The van der Waals surface area contributed by atoms with Crippen LogP contribution in [-0.2, 0) is 9.53 Å². The van der Waals surface area contributed by atoms with Gasteiger partial charge in [-0.25, -0.2) is 0 Å². The lowest BCUT2D eigenvalue weighted by atomic mass is 9.94. The Kier molecular flexibility index (Phi) is 5.88. The van der Waals surface area contributed by atoms with E-state index in [1.807, 2.05) is 4.90 Å². The van der Waals surface area contributed by atoms with E-state index in [0.29, 0.717) is 57.8 Å². The first-order chi connectivity index (χ1) is 12.8. The molecule has 2 amide bonds. The van der Waals surface area contributed by atoms with Crippen molar-refractivity contribution >= 4 is 11.8 Å². The molecule has 0 bridgehead atoms. The summed E-state index contributed by atoms with van der Waals surface area (Å²) in [6, 6.07) is 4.87. The number of amides is 2. The van der Waals surface area contributed by atoms with Crippen LogP contribution < -0.4 is 4.74 Å². The van der Waals surface area contributed by atoms with Crippen LogP contribution in [0.15, 0.2) is 24.3 Å². The predicted octanol–water partition coefficient (Wildman–Crippen LogP) is 2.30. The Morgan fingerprint density at radius 1 is 0.963 bits per heavy atom. The van der Waals surface area contributed by atoms with Crippen molar-refractivity contribution in [2.75, 3.05) is 39.4 Å². The highest BCUT2D eigenvalue weighted by Gasteiger charge is 2.32. The third-order valence-corrected chi connectivity index (χ3v) is 4.79. The van der Waals surface area contributed by atoms with Crippen molar-refractivity contribution in [3.8, 4) is 5.75 Å². The Morgan fingerprint density at radius 2 is 1.56 bits per heavy atom. The molecular weight excluding hydrogens is 365 g/mol. The molecule has 0 spiro atoms. The smallest absolute Gasteiger partial charge is 0.406 e. The number of likely N-dealkylation sites (tertiary alicyclic amines) is 1. The Hall–Kier alpha value is -2.29. The molecule has 0 unspecified atom stereocenters. The number of hydrogen-bond donors (Lipinski definition) is 0. The molecule has 2 heterocycles. The third kappa shape index (κ3) is 5.12. The molecule has 9 heteroatoms. The first-order valence-electron chi connectivity index (χ1n) is 8.85. The number of morpholine rings is 1. The molecule has 3 rings (SSSR count). The van der Waals surface area contributed by atoms with E-state index in [1.165, 1.54) is 12.1 Å². The SMILES string of the molecule is O=C(c1ccc(OC(F)(F)F)cc1)N1CCC(C(=O)N2CCOCC2)CC1. The molecule has 2 fully saturated rings. The fourth-order valence-corrected chi connectivity index (χ4v) is 3.35. The van der Waals surface area contributed by atoms with Gasteiger partial charge in [-0.05, 0) is 37.1 Å². The predicted molar refractivity (Wildman–Crippen MR) is 89.2 cm³/mol. The van der Waals surface area contributed by atoms with Gasteiger partial charge in [-0.1, -0.05) is 0 Å². The van der Waals surface area contributed by atoms with Gasteiger partial charge in [0, 0.05) is 37.7 Å². The van der Waals surface area contributed by atoms with E-state index in [2.05, 4.69) is 4.74 Å². The zero-order chi connectivity index (χ0) is 19.4. The lowest BCUT2D eigenvalue weighted by molar-refractivity contribution is -0.274. The normalized spacial score (nSPS) is 19.1. The summed E-state index contributed by atoms with van der Waals surface area (Å²) >= 11 is 0. The molecule has 1 aromatic carbocycles. The van der Waals surface area contributed by atoms with Crippen LogP contribution in [-0.4, -0.2) is 67.4 Å². The first kappa shape index (κ1) is 19.5. The van der Waals surface area contributed by atoms with Crippen molar-refractivity contribution in [1.29, 1.82) is 0 Å². The number of piperidine rings is 1. The number of carbonyl (C=O) groups excluding carboxylic acids is 2. The molecule has 0 saturated carbocycles. The van der Waals surface area contributed by atoms with Crippen molar-refractivity contribution in [1.82, 2.24) is 9.80 Å². The van der Waals surface area contributed by atoms with Crippen LogP contribution in [0.2, 0.25) is 0 Å². The second kappa shape index (κ2) is 8.16. The summed E-state index contributed by atoms with van der Waals surface area (Å²) in [7, 11) is 0. The minimum absolute atomic E-state index is 0.102. The van der Waals surface area contributed by atoms with E-state index >= 15 is 0 Å². The van der Waals surface area contributed by atoms with Gasteiger partial charge in [0.1, 0.15) is 5.75 Å². The summed E-state index contributed by atoms with van der Waals surface area (Å²) in [4.78, 5) is 28.5. The topological polar surface area (TPSA) is 59.1 Å². The highest BCUT2D eigenvalue weighted by Crippen LogP contribution is 2.25. The number of alkyl halides is 3. The molecule has 2 aliphatic heterocycles. The summed E-state index contributed by atoms with van der Waals surface area (Å²) in [5.41, 5.74) is 0.294. The monoisotopic (exact) mass is 386 g/mol. The van der Waals surface area contributed by atoms with Crippen molar-refractivity contribution in [2.45, 2.75) is 19.2 Å². The van der Waals surface area contributed by atoms with Gasteiger partial charge in [0.2, 0.25) is 5.91 Å². The van der Waals surface area contributed by atoms with Crippen molar-refractivity contribution < 1.29 is 32.2 Å². The Morgan fingerprint density at radius 3 is 2.11 bits per heavy atom. The molecule has 1 aromatic rings. The van der Waals surface area contributed by atoms with Crippen LogP contribution in [0.1, 0.15) is 23.2 Å². The quantitative estimate of drug-likeness (QED) is 0.800. The van der Waals surface area contributed by atoms with Gasteiger partial charge in [0.15, 0.2) is 0 Å². The van der Waals surface area contributed by atoms with Crippen molar-refractivity contribution in [3.05, 3.63) is 29.8 Å². The van der Waals surface area contributed by atoms with Gasteiger partial charge in [0.25, 0.3) is 5.91 Å². The van der Waals surface area contributed by atoms with Crippen LogP contribution in [0, 0.1) is 5.92 Å². The summed E-state index contributed by atoms with van der Waals surface area (Å²) in [5.74, 6) is -0.617. The standard InChI is InChI=1S/C18H21F3N2O4/c19-18(20,21)27-15-3-1-13(2-4-15)16(24)22-7-5-14(6-8-22)17(25)23-9-11-26-12-10-23/h1-4,14H,5-12H2. The molecule has 0 aromatic heterocycles. The maximum Gasteiger partial charge on any atom is 0.573 e. The maximum absolute atomic E-state index is 12.5. The molecule has 2 saturated heterocycles. The molecule has 0 aliphatic carbocycles. The molecule has 27 heavy (non-hydrogen) atoms. The van der Waals surface area contributed by atoms with Crippen molar-refractivity contribution in [2.24, 2.45) is 5.92 Å². The zero-order valence-electron chi connectivity index (χ0n) is 14.7. The number of rotatable bonds is 3. The van der Waals surface area contributed by atoms with Crippen LogP contribution >= 0.6 is 0 Å². The molecule has 148 valence electrons. The van der Waals surface area contributed by atoms with E-state index in [9.17, 15) is 22.8 Å². The largest absolute Gasteiger partial charge is 0.573 e. The summed E-state index contributed by atoms with van der Waals surface area (Å²) in [5, 5.41) is 0. The minimum atomic E-state index is -4.76. The maximum atomic E-state index is 12.5. The number of benzene rings is 1. The molecule has 0 radical (unpaired) electrons. The van der Waals surface area contributed by atoms with Gasteiger partial charge in [-0.2, -0.15) is 0 Å². The minimum Gasteiger partial charge on any atom is -0.406 e. The summed E-state index contributed by atoms with van der Waals surface area (Å²) < 4.78 is 45.6. The molecule has 2 aliphatic rings. The van der Waals surface area contributed by atoms with Crippen molar-refractivity contribution in [3.63, 3.8) is 0 Å². The Labute approximate surface area is 154 Å². The second-order valence-electron chi connectivity index (χ2n) is 6.58. The number of ether oxygens (including phenoxy) is 2. The summed E-state index contributed by atoms with van der Waals surface area (Å²) in [6.07, 6.45) is -3.60. The van der Waals surface area contributed by atoms with E-state index in [4.69, 9.17) is 4.74 Å². The highest BCUT2D eigenvalue weighted by atomic mass is 19.4. The van der Waals surface area contributed by atoms with Crippen LogP contribution in [0.4, 0.5) is 13.2 Å². The molecule has 6 nitrogen and oxygen atoms in total. The Balaban J connectivity index is 1.53. The van der Waals surface area contributed by atoms with Gasteiger partial charge in [-0.3, -0.25) is 9.59 Å². The van der Waals surface area contributed by atoms with E-state index < -0.39 is 6.36 Å². The van der Waals surface area contributed by atoms with Crippen LogP contribution in [0.3, 0.4) is 0 Å². The number of halogens is 3. The fraction of sp³-hybridized carbons (Fsp3) is 0.556. The number of nitrogens with zero attached hydrogens (tertiary/aromatic N) is 2. The number of hydrogen-bond acceptors (Lipinski definition) is 4. The highest BCUT2D eigenvalue weighted by molar-refractivity contribution is 5.94.